The largest absolute Gasteiger partial charge is 0.385 e. The highest BCUT2D eigenvalue weighted by Gasteiger charge is 2.15. The second kappa shape index (κ2) is 7.81. The van der Waals surface area contributed by atoms with E-state index in [0.29, 0.717) is 18.1 Å². The second-order valence-corrected chi connectivity index (χ2v) is 7.86. The Kier molecular flexibility index (Phi) is 4.84. The third-order valence-electron chi connectivity index (χ3n) is 5.68. The van der Waals surface area contributed by atoms with Gasteiger partial charge in [-0.3, -0.25) is 5.10 Å². The van der Waals surface area contributed by atoms with Gasteiger partial charge in [0, 0.05) is 24.2 Å². The van der Waals surface area contributed by atoms with Crippen molar-refractivity contribution in [2.45, 2.75) is 26.5 Å². The van der Waals surface area contributed by atoms with E-state index in [2.05, 4.69) is 71.5 Å². The van der Waals surface area contributed by atoms with Crippen LogP contribution in [0.25, 0.3) is 33.9 Å². The first-order valence-corrected chi connectivity index (χ1v) is 10.3. The van der Waals surface area contributed by atoms with Crippen molar-refractivity contribution in [3.63, 3.8) is 0 Å². The molecular weight excluding hydrogens is 386 g/mol. The van der Waals surface area contributed by atoms with Crippen LogP contribution in [-0.2, 0) is 6.54 Å². The number of imidazole rings is 1. The van der Waals surface area contributed by atoms with E-state index >= 15 is 0 Å². The molecule has 5 rings (SSSR count). The molecule has 0 spiro atoms. The number of nitrogens with one attached hydrogen (secondary N) is 1. The van der Waals surface area contributed by atoms with Crippen LogP contribution in [0, 0.1) is 13.8 Å². The minimum atomic E-state index is -0.662. The van der Waals surface area contributed by atoms with E-state index in [1.54, 1.807) is 12.3 Å². The number of fused-ring (bicyclic) bond motifs is 1. The van der Waals surface area contributed by atoms with Gasteiger partial charge in [-0.1, -0.05) is 42.5 Å². The normalized spacial score (nSPS) is 12.4. The first kappa shape index (κ1) is 19.2. The number of hydrogen-bond donors (Lipinski definition) is 2. The van der Waals surface area contributed by atoms with Gasteiger partial charge in [0.15, 0.2) is 5.82 Å². The van der Waals surface area contributed by atoms with Gasteiger partial charge in [-0.2, -0.15) is 5.10 Å². The van der Waals surface area contributed by atoms with Gasteiger partial charge < -0.3 is 9.67 Å². The van der Waals surface area contributed by atoms with Crippen molar-refractivity contribution in [2.75, 3.05) is 0 Å². The van der Waals surface area contributed by atoms with E-state index in [1.165, 1.54) is 22.3 Å². The number of pyridine rings is 1. The summed E-state index contributed by atoms with van der Waals surface area (Å²) in [7, 11) is 0. The number of hydrogen-bond acceptors (Lipinski definition) is 4. The molecule has 3 aromatic rings. The number of aliphatic hydroxyl groups excluding tert-OH is 1. The zero-order chi connectivity index (χ0) is 21.4. The Labute approximate surface area is 180 Å². The van der Waals surface area contributed by atoms with Crippen molar-refractivity contribution in [3.05, 3.63) is 90.0 Å². The lowest BCUT2D eigenvalue weighted by molar-refractivity contribution is 0.151. The molecule has 1 unspecified atom stereocenters. The molecule has 2 aromatic carbocycles. The van der Waals surface area contributed by atoms with Crippen molar-refractivity contribution in [3.8, 4) is 33.9 Å². The first-order chi connectivity index (χ1) is 15.1. The molecule has 1 aromatic heterocycles. The molecule has 0 saturated carbocycles. The summed E-state index contributed by atoms with van der Waals surface area (Å²) in [5.74, 6) is 0.702. The molecule has 0 bridgehead atoms. The molecule has 2 N–H and O–H groups in total. The van der Waals surface area contributed by atoms with Gasteiger partial charge in [-0.15, -0.1) is 0 Å². The maximum Gasteiger partial charge on any atom is 0.160 e. The first-order valence-electron chi connectivity index (χ1n) is 10.3. The topological polar surface area (TPSA) is 79.6 Å². The molecule has 0 fully saturated rings. The molecule has 0 amide bonds. The summed E-state index contributed by atoms with van der Waals surface area (Å²) in [5, 5.41) is 17.0. The van der Waals surface area contributed by atoms with Crippen LogP contribution in [0.3, 0.4) is 0 Å². The lowest BCUT2D eigenvalue weighted by Crippen LogP contribution is -2.09. The van der Waals surface area contributed by atoms with Crippen molar-refractivity contribution in [1.29, 1.82) is 0 Å². The number of benzene rings is 2. The van der Waals surface area contributed by atoms with E-state index in [1.807, 2.05) is 23.0 Å². The minimum Gasteiger partial charge on any atom is -0.385 e. The van der Waals surface area contributed by atoms with E-state index in [0.717, 1.165) is 17.0 Å². The summed E-state index contributed by atoms with van der Waals surface area (Å²) < 4.78 is 1.91. The van der Waals surface area contributed by atoms with Crippen LogP contribution in [0.5, 0.6) is 0 Å². The van der Waals surface area contributed by atoms with E-state index in [4.69, 9.17) is 4.98 Å². The van der Waals surface area contributed by atoms with Gasteiger partial charge in [-0.25, -0.2) is 9.97 Å². The predicted octanol–water partition coefficient (Wildman–Crippen LogP) is 4.79. The number of aromatic amines is 1. The zero-order valence-electron chi connectivity index (χ0n) is 17.4. The smallest absolute Gasteiger partial charge is 0.160 e. The number of H-pyrrole nitrogens is 1. The van der Waals surface area contributed by atoms with Crippen LogP contribution in [0.15, 0.2) is 73.2 Å². The van der Waals surface area contributed by atoms with Crippen LogP contribution >= 0.6 is 0 Å². The Bertz CT molecular complexity index is 1290. The monoisotopic (exact) mass is 409 g/mol. The van der Waals surface area contributed by atoms with E-state index < -0.39 is 6.10 Å². The van der Waals surface area contributed by atoms with Gasteiger partial charge in [0.2, 0.25) is 0 Å². The van der Waals surface area contributed by atoms with Gasteiger partial charge >= 0.3 is 0 Å². The average Bonchev–Trinajstić information content (AvgIpc) is 3.46. The van der Waals surface area contributed by atoms with Crippen molar-refractivity contribution in [2.24, 2.45) is 0 Å². The molecule has 6 nitrogen and oxygen atoms in total. The number of nitrogens with zero attached hydrogens (tertiary/aromatic N) is 4. The molecule has 31 heavy (non-hydrogen) atoms. The SMILES string of the molecule is Cc1ccc(-c2ccc(-c3nc4ccn(CC(O)c5ccn[nH]5)cc-4n3)cc2)cc1C. The van der Waals surface area contributed by atoms with Crippen LogP contribution < -0.4 is 0 Å². The van der Waals surface area contributed by atoms with Crippen LogP contribution in [0.4, 0.5) is 0 Å². The third kappa shape index (κ3) is 3.85. The quantitative estimate of drug-likeness (QED) is 0.437. The lowest BCUT2D eigenvalue weighted by atomic mass is 9.99. The van der Waals surface area contributed by atoms with Crippen molar-refractivity contribution >= 4 is 0 Å². The van der Waals surface area contributed by atoms with Crippen molar-refractivity contribution < 1.29 is 5.11 Å². The van der Waals surface area contributed by atoms with Gasteiger partial charge in [-0.05, 0) is 48.2 Å². The van der Waals surface area contributed by atoms with Crippen LogP contribution in [0.2, 0.25) is 0 Å². The fraction of sp³-hybridized carbons (Fsp3) is 0.160. The molecule has 0 aliphatic carbocycles. The maximum atomic E-state index is 10.3. The van der Waals surface area contributed by atoms with Crippen LogP contribution in [-0.4, -0.2) is 29.8 Å². The number of aromatic nitrogens is 5. The van der Waals surface area contributed by atoms with Gasteiger partial charge in [0.1, 0.15) is 11.8 Å². The Morgan fingerprint density at radius 2 is 1.61 bits per heavy atom. The number of aliphatic hydroxyl groups is 1. The summed E-state index contributed by atoms with van der Waals surface area (Å²) >= 11 is 0. The Hall–Kier alpha value is -3.77. The zero-order valence-corrected chi connectivity index (χ0v) is 17.4. The fourth-order valence-electron chi connectivity index (χ4n) is 3.68. The summed E-state index contributed by atoms with van der Waals surface area (Å²) in [6.45, 7) is 4.67. The molecule has 1 atom stereocenters. The van der Waals surface area contributed by atoms with Crippen LogP contribution in [0.1, 0.15) is 22.9 Å². The van der Waals surface area contributed by atoms with E-state index in [-0.39, 0.29) is 0 Å². The molecule has 6 heteroatoms. The standard InChI is InChI=1S/C25H23N5O/c1-16-3-4-20(13-17(16)2)18-5-7-19(8-6-18)25-27-21-10-12-30(14-23(21)28-25)15-24(31)22-9-11-26-29-22/h3-14,24,31H,15H2,1-2H3,(H,26,29). The minimum absolute atomic E-state index is 0.408. The Morgan fingerprint density at radius 1 is 0.871 bits per heavy atom. The molecular formula is C25H23N5O. The number of rotatable bonds is 5. The highest BCUT2D eigenvalue weighted by Crippen LogP contribution is 2.28. The molecule has 3 heterocycles. The highest BCUT2D eigenvalue weighted by molar-refractivity contribution is 5.71. The maximum absolute atomic E-state index is 10.3. The Balaban J connectivity index is 1.39. The van der Waals surface area contributed by atoms with Gasteiger partial charge in [0.05, 0.1) is 17.9 Å². The summed E-state index contributed by atoms with van der Waals surface area (Å²) in [4.78, 5) is 9.39. The Morgan fingerprint density at radius 3 is 2.35 bits per heavy atom. The lowest BCUT2D eigenvalue weighted by Gasteiger charge is -2.12. The average molecular weight is 409 g/mol. The molecule has 0 saturated heterocycles. The molecule has 2 aliphatic heterocycles. The molecule has 2 aliphatic rings. The summed E-state index contributed by atoms with van der Waals surface area (Å²) in [6, 6.07) is 18.6. The molecule has 154 valence electrons. The summed E-state index contributed by atoms with van der Waals surface area (Å²) in [5.41, 5.74) is 8.27. The van der Waals surface area contributed by atoms with Gasteiger partial charge in [0.25, 0.3) is 0 Å². The van der Waals surface area contributed by atoms with Crippen molar-refractivity contribution in [1.82, 2.24) is 24.7 Å². The van der Waals surface area contributed by atoms with E-state index in [9.17, 15) is 5.11 Å². The summed E-state index contributed by atoms with van der Waals surface area (Å²) in [6.07, 6.45) is 4.79. The second-order valence-electron chi connectivity index (χ2n) is 7.86. The third-order valence-corrected chi connectivity index (χ3v) is 5.68. The highest BCUT2D eigenvalue weighted by atomic mass is 16.3. The predicted molar refractivity (Wildman–Crippen MR) is 121 cm³/mol. The number of aryl methyl sites for hydroxylation is 2. The molecule has 0 radical (unpaired) electrons. The fourth-order valence-corrected chi connectivity index (χ4v) is 3.68.